The standard InChI is InChI=1S/C16H24ClNO2S/c1-2-11-18-15-9-4-3-5-10-16(15)21(19,20)14-8-6-7-13(17)12-14/h6-8,12,15-16,18H,2-5,9-11H2,1H3. The van der Waals surface area contributed by atoms with Crippen molar-refractivity contribution in [1.82, 2.24) is 5.32 Å². The number of benzene rings is 1. The van der Waals surface area contributed by atoms with E-state index in [2.05, 4.69) is 12.2 Å². The molecule has 1 aliphatic rings. The van der Waals surface area contributed by atoms with E-state index in [9.17, 15) is 8.42 Å². The van der Waals surface area contributed by atoms with E-state index in [1.54, 1.807) is 24.3 Å². The van der Waals surface area contributed by atoms with Crippen molar-refractivity contribution < 1.29 is 8.42 Å². The van der Waals surface area contributed by atoms with Gasteiger partial charge in [0.15, 0.2) is 9.84 Å². The molecular formula is C16H24ClNO2S. The second-order valence-electron chi connectivity index (χ2n) is 5.74. The molecule has 0 radical (unpaired) electrons. The fraction of sp³-hybridized carbons (Fsp3) is 0.625. The van der Waals surface area contributed by atoms with Crippen LogP contribution in [-0.4, -0.2) is 26.3 Å². The maximum absolute atomic E-state index is 13.0. The zero-order valence-electron chi connectivity index (χ0n) is 12.5. The van der Waals surface area contributed by atoms with Gasteiger partial charge in [-0.25, -0.2) is 8.42 Å². The predicted molar refractivity (Wildman–Crippen MR) is 87.6 cm³/mol. The number of hydrogen-bond acceptors (Lipinski definition) is 3. The van der Waals surface area contributed by atoms with E-state index >= 15 is 0 Å². The second kappa shape index (κ2) is 7.61. The Balaban J connectivity index is 2.29. The molecule has 1 fully saturated rings. The summed E-state index contributed by atoms with van der Waals surface area (Å²) in [5.41, 5.74) is 0. The van der Waals surface area contributed by atoms with Crippen molar-refractivity contribution in [3.05, 3.63) is 29.3 Å². The molecule has 0 amide bonds. The molecule has 2 rings (SSSR count). The van der Waals surface area contributed by atoms with Gasteiger partial charge in [-0.1, -0.05) is 43.9 Å². The molecule has 0 aliphatic heterocycles. The summed E-state index contributed by atoms with van der Waals surface area (Å²) in [5, 5.41) is 3.57. The predicted octanol–water partition coefficient (Wildman–Crippen LogP) is 3.81. The van der Waals surface area contributed by atoms with Gasteiger partial charge in [-0.2, -0.15) is 0 Å². The van der Waals surface area contributed by atoms with E-state index in [4.69, 9.17) is 11.6 Å². The Morgan fingerprint density at radius 3 is 2.71 bits per heavy atom. The van der Waals surface area contributed by atoms with Gasteiger partial charge < -0.3 is 5.32 Å². The van der Waals surface area contributed by atoms with Crippen LogP contribution in [-0.2, 0) is 9.84 Å². The molecule has 1 N–H and O–H groups in total. The van der Waals surface area contributed by atoms with Crippen LogP contribution in [0.2, 0.25) is 5.02 Å². The average Bonchev–Trinajstić information content (AvgIpc) is 2.71. The first-order chi connectivity index (χ1) is 10.1. The highest BCUT2D eigenvalue weighted by Gasteiger charge is 2.35. The van der Waals surface area contributed by atoms with Crippen LogP contribution in [0.1, 0.15) is 45.4 Å². The lowest BCUT2D eigenvalue weighted by Crippen LogP contribution is -2.43. The van der Waals surface area contributed by atoms with Gasteiger partial charge in [0, 0.05) is 11.1 Å². The van der Waals surface area contributed by atoms with E-state index in [1.165, 1.54) is 0 Å². The fourth-order valence-electron chi connectivity index (χ4n) is 3.03. The van der Waals surface area contributed by atoms with Gasteiger partial charge in [0.1, 0.15) is 0 Å². The molecule has 5 heteroatoms. The van der Waals surface area contributed by atoms with Gasteiger partial charge in [-0.05, 0) is 44.0 Å². The molecule has 1 saturated carbocycles. The van der Waals surface area contributed by atoms with Crippen LogP contribution in [0.25, 0.3) is 0 Å². The van der Waals surface area contributed by atoms with Crippen molar-refractivity contribution in [3.63, 3.8) is 0 Å². The first kappa shape index (κ1) is 16.8. The third-order valence-corrected chi connectivity index (χ3v) is 6.64. The highest BCUT2D eigenvalue weighted by molar-refractivity contribution is 7.92. The van der Waals surface area contributed by atoms with Gasteiger partial charge in [0.2, 0.25) is 0 Å². The summed E-state index contributed by atoms with van der Waals surface area (Å²) in [6.45, 7) is 2.97. The number of halogens is 1. The molecule has 118 valence electrons. The third kappa shape index (κ3) is 4.21. The van der Waals surface area contributed by atoms with Crippen molar-refractivity contribution in [3.8, 4) is 0 Å². The molecule has 1 aromatic carbocycles. The number of rotatable bonds is 5. The van der Waals surface area contributed by atoms with Crippen molar-refractivity contribution >= 4 is 21.4 Å². The van der Waals surface area contributed by atoms with Crippen LogP contribution in [0.3, 0.4) is 0 Å². The quantitative estimate of drug-likeness (QED) is 0.835. The maximum Gasteiger partial charge on any atom is 0.182 e. The SMILES string of the molecule is CCCNC1CCCCCC1S(=O)(=O)c1cccc(Cl)c1. The van der Waals surface area contributed by atoms with Gasteiger partial charge in [-0.3, -0.25) is 0 Å². The zero-order chi connectivity index (χ0) is 15.3. The number of nitrogens with one attached hydrogen (secondary N) is 1. The zero-order valence-corrected chi connectivity index (χ0v) is 14.1. The summed E-state index contributed by atoms with van der Waals surface area (Å²) in [7, 11) is -3.33. The molecule has 0 heterocycles. The topological polar surface area (TPSA) is 46.2 Å². The molecule has 3 nitrogen and oxygen atoms in total. The number of sulfone groups is 1. The molecule has 2 unspecified atom stereocenters. The lowest BCUT2D eigenvalue weighted by atomic mass is 10.1. The van der Waals surface area contributed by atoms with Crippen molar-refractivity contribution in [2.45, 2.75) is 61.6 Å². The Labute approximate surface area is 133 Å². The van der Waals surface area contributed by atoms with Crippen molar-refractivity contribution in [1.29, 1.82) is 0 Å². The number of hydrogen-bond donors (Lipinski definition) is 1. The normalized spacial score (nSPS) is 23.7. The summed E-state index contributed by atoms with van der Waals surface area (Å²) < 4.78 is 25.9. The summed E-state index contributed by atoms with van der Waals surface area (Å²) in [6, 6.07) is 6.69. The minimum absolute atomic E-state index is 0.0523. The molecule has 21 heavy (non-hydrogen) atoms. The van der Waals surface area contributed by atoms with Crippen LogP contribution < -0.4 is 5.32 Å². The highest BCUT2D eigenvalue weighted by atomic mass is 35.5. The third-order valence-electron chi connectivity index (χ3n) is 4.13. The molecule has 0 saturated heterocycles. The van der Waals surface area contributed by atoms with Crippen LogP contribution >= 0.6 is 11.6 Å². The van der Waals surface area contributed by atoms with Gasteiger partial charge in [-0.15, -0.1) is 0 Å². The Morgan fingerprint density at radius 1 is 1.24 bits per heavy atom. The summed E-state index contributed by atoms with van der Waals surface area (Å²) in [6.07, 6.45) is 5.88. The van der Waals surface area contributed by atoms with Crippen LogP contribution in [0.15, 0.2) is 29.2 Å². The monoisotopic (exact) mass is 329 g/mol. The summed E-state index contributed by atoms with van der Waals surface area (Å²) in [4.78, 5) is 0.352. The smallest absolute Gasteiger partial charge is 0.182 e. The van der Waals surface area contributed by atoms with Crippen LogP contribution in [0, 0.1) is 0 Å². The first-order valence-electron chi connectivity index (χ1n) is 7.78. The summed E-state index contributed by atoms with van der Waals surface area (Å²) in [5.74, 6) is 0. The van der Waals surface area contributed by atoms with Crippen molar-refractivity contribution in [2.24, 2.45) is 0 Å². The molecule has 0 aromatic heterocycles. The molecule has 1 aliphatic carbocycles. The van der Waals surface area contributed by atoms with E-state index in [-0.39, 0.29) is 11.3 Å². The first-order valence-corrected chi connectivity index (χ1v) is 9.71. The molecular weight excluding hydrogens is 306 g/mol. The minimum atomic E-state index is -3.33. The average molecular weight is 330 g/mol. The minimum Gasteiger partial charge on any atom is -0.313 e. The molecule has 2 atom stereocenters. The van der Waals surface area contributed by atoms with Crippen molar-refractivity contribution in [2.75, 3.05) is 6.54 Å². The van der Waals surface area contributed by atoms with Gasteiger partial charge >= 0.3 is 0 Å². The Bertz CT molecular complexity index is 559. The fourth-order valence-corrected chi connectivity index (χ4v) is 5.33. The molecule has 0 spiro atoms. The maximum atomic E-state index is 13.0. The molecule has 1 aromatic rings. The van der Waals surface area contributed by atoms with E-state index in [0.717, 1.165) is 45.1 Å². The molecule has 0 bridgehead atoms. The lowest BCUT2D eigenvalue weighted by molar-refractivity contribution is 0.450. The Hall–Kier alpha value is -0.580. The Morgan fingerprint density at radius 2 is 2.00 bits per heavy atom. The largest absolute Gasteiger partial charge is 0.313 e. The van der Waals surface area contributed by atoms with Crippen LogP contribution in [0.4, 0.5) is 0 Å². The highest BCUT2D eigenvalue weighted by Crippen LogP contribution is 2.29. The second-order valence-corrected chi connectivity index (χ2v) is 8.34. The van der Waals surface area contributed by atoms with E-state index in [1.807, 2.05) is 0 Å². The lowest BCUT2D eigenvalue weighted by Gasteiger charge is -2.26. The van der Waals surface area contributed by atoms with Gasteiger partial charge in [0.25, 0.3) is 0 Å². The van der Waals surface area contributed by atoms with Gasteiger partial charge in [0.05, 0.1) is 10.1 Å². The summed E-state index contributed by atoms with van der Waals surface area (Å²) >= 11 is 5.96. The Kier molecular flexibility index (Phi) is 6.08. The van der Waals surface area contributed by atoms with Crippen LogP contribution in [0.5, 0.6) is 0 Å². The van der Waals surface area contributed by atoms with E-state index in [0.29, 0.717) is 9.92 Å². The van der Waals surface area contributed by atoms with E-state index < -0.39 is 9.84 Å².